The van der Waals surface area contributed by atoms with Crippen LogP contribution in [0.25, 0.3) is 0 Å². The molecule has 0 bridgehead atoms. The Morgan fingerprint density at radius 2 is 2.22 bits per heavy atom. The lowest BCUT2D eigenvalue weighted by molar-refractivity contribution is 0.0953. The van der Waals surface area contributed by atoms with Crippen LogP contribution in [-0.2, 0) is 10.8 Å². The lowest BCUT2D eigenvalue weighted by atomic mass is 10.2. The molecule has 1 aromatic carbocycles. The average Bonchev–Trinajstić information content (AvgIpc) is 2.31. The van der Waals surface area contributed by atoms with E-state index >= 15 is 0 Å². The summed E-state index contributed by atoms with van der Waals surface area (Å²) in [6, 6.07) is 5.00. The molecule has 2 atom stereocenters. The first kappa shape index (κ1) is 15.5. The Labute approximate surface area is 120 Å². The maximum Gasteiger partial charge on any atom is 0.252 e. The average molecular weight is 306 g/mol. The summed E-state index contributed by atoms with van der Waals surface area (Å²) in [4.78, 5) is 12.6. The monoisotopic (exact) mass is 305 g/mol. The van der Waals surface area contributed by atoms with E-state index in [-0.39, 0.29) is 11.2 Å². The lowest BCUT2D eigenvalue weighted by Gasteiger charge is -2.10. The first-order valence-electron chi connectivity index (χ1n) is 5.50. The summed E-state index contributed by atoms with van der Waals surface area (Å²) in [6.45, 7) is 2.37. The van der Waals surface area contributed by atoms with Crippen LogP contribution in [0, 0.1) is 0 Å². The van der Waals surface area contributed by atoms with E-state index in [0.29, 0.717) is 28.4 Å². The minimum Gasteiger partial charge on any atom is -0.352 e. The fourth-order valence-electron chi connectivity index (χ4n) is 1.34. The second-order valence-electron chi connectivity index (χ2n) is 4.02. The van der Waals surface area contributed by atoms with Gasteiger partial charge in [-0.1, -0.05) is 18.5 Å². The number of hydrogen-bond acceptors (Lipinski definition) is 3. The van der Waals surface area contributed by atoms with Gasteiger partial charge in [-0.3, -0.25) is 9.00 Å². The van der Waals surface area contributed by atoms with Crippen LogP contribution >= 0.6 is 24.2 Å². The van der Waals surface area contributed by atoms with Crippen molar-refractivity contribution in [3.8, 4) is 0 Å². The predicted octanol–water partition coefficient (Wildman–Crippen LogP) is 2.52. The van der Waals surface area contributed by atoms with Crippen molar-refractivity contribution >= 4 is 40.9 Å². The number of halogens is 1. The van der Waals surface area contributed by atoms with Crippen LogP contribution in [0.5, 0.6) is 0 Å². The van der Waals surface area contributed by atoms with E-state index in [4.69, 9.17) is 11.6 Å². The van der Waals surface area contributed by atoms with E-state index in [2.05, 4.69) is 17.9 Å². The molecular weight excluding hydrogens is 290 g/mol. The fraction of sp³-hybridized carbons (Fsp3) is 0.417. The van der Waals surface area contributed by atoms with Crippen LogP contribution < -0.4 is 5.32 Å². The molecule has 1 aromatic rings. The molecule has 0 radical (unpaired) electrons. The minimum atomic E-state index is -0.867. The maximum atomic E-state index is 11.9. The van der Waals surface area contributed by atoms with Gasteiger partial charge in [-0.15, -0.1) is 12.6 Å². The Morgan fingerprint density at radius 3 is 2.83 bits per heavy atom. The standard InChI is InChI=1S/C12H16ClNO2S2/c1-8(18(2)16)5-6-14-12(15)10-7-9(17)3-4-11(10)13/h3-4,7-8,17H,5-6H2,1-2H3,(H,14,15). The van der Waals surface area contributed by atoms with Gasteiger partial charge >= 0.3 is 0 Å². The Morgan fingerprint density at radius 1 is 1.56 bits per heavy atom. The lowest BCUT2D eigenvalue weighted by Crippen LogP contribution is -2.27. The van der Waals surface area contributed by atoms with Crippen LogP contribution in [-0.4, -0.2) is 28.2 Å². The number of hydrogen-bond donors (Lipinski definition) is 2. The molecule has 100 valence electrons. The van der Waals surface area contributed by atoms with Gasteiger partial charge < -0.3 is 5.32 Å². The van der Waals surface area contributed by atoms with Gasteiger partial charge in [0, 0.05) is 33.7 Å². The van der Waals surface area contributed by atoms with Gasteiger partial charge in [0.15, 0.2) is 0 Å². The van der Waals surface area contributed by atoms with E-state index in [1.165, 1.54) is 0 Å². The molecule has 0 spiro atoms. The van der Waals surface area contributed by atoms with Gasteiger partial charge in [0.05, 0.1) is 10.6 Å². The number of carbonyl (C=O) groups excluding carboxylic acids is 1. The molecule has 0 aliphatic heterocycles. The molecule has 6 heteroatoms. The van der Waals surface area contributed by atoms with Crippen molar-refractivity contribution < 1.29 is 9.00 Å². The van der Waals surface area contributed by atoms with Crippen molar-refractivity contribution in [2.75, 3.05) is 12.8 Å². The third kappa shape index (κ3) is 4.63. The normalized spacial score (nSPS) is 14.0. The van der Waals surface area contributed by atoms with Crippen molar-refractivity contribution in [1.29, 1.82) is 0 Å². The van der Waals surface area contributed by atoms with Gasteiger partial charge in [-0.25, -0.2) is 0 Å². The predicted molar refractivity (Wildman–Crippen MR) is 79.2 cm³/mol. The first-order valence-corrected chi connectivity index (χ1v) is 7.95. The Balaban J connectivity index is 2.55. The van der Waals surface area contributed by atoms with E-state index in [1.54, 1.807) is 24.5 Å². The zero-order valence-electron chi connectivity index (χ0n) is 10.3. The van der Waals surface area contributed by atoms with Crippen molar-refractivity contribution in [1.82, 2.24) is 5.32 Å². The van der Waals surface area contributed by atoms with E-state index in [9.17, 15) is 9.00 Å². The molecule has 1 amide bonds. The maximum absolute atomic E-state index is 11.9. The molecule has 18 heavy (non-hydrogen) atoms. The Kier molecular flexibility index (Phi) is 6.18. The zero-order chi connectivity index (χ0) is 13.7. The van der Waals surface area contributed by atoms with Crippen molar-refractivity contribution in [3.63, 3.8) is 0 Å². The molecule has 0 aliphatic carbocycles. The molecule has 0 aromatic heterocycles. The van der Waals surface area contributed by atoms with E-state index in [1.807, 2.05) is 6.92 Å². The number of nitrogens with one attached hydrogen (secondary N) is 1. The van der Waals surface area contributed by atoms with Crippen LogP contribution in [0.1, 0.15) is 23.7 Å². The second kappa shape index (κ2) is 7.16. The molecule has 0 aliphatic rings. The van der Waals surface area contributed by atoms with Crippen molar-refractivity contribution in [2.24, 2.45) is 0 Å². The molecular formula is C12H16ClNO2S2. The van der Waals surface area contributed by atoms with Crippen LogP contribution in [0.3, 0.4) is 0 Å². The summed E-state index contributed by atoms with van der Waals surface area (Å²) in [6.07, 6.45) is 2.33. The molecule has 0 saturated carbocycles. The van der Waals surface area contributed by atoms with Crippen molar-refractivity contribution in [3.05, 3.63) is 28.8 Å². The highest BCUT2D eigenvalue weighted by Gasteiger charge is 2.11. The summed E-state index contributed by atoms with van der Waals surface area (Å²) in [5.74, 6) is -0.231. The molecule has 0 fully saturated rings. The second-order valence-corrected chi connectivity index (χ2v) is 6.74. The molecule has 3 nitrogen and oxygen atoms in total. The molecule has 1 N–H and O–H groups in total. The molecule has 2 unspecified atom stereocenters. The molecule has 1 rings (SSSR count). The Hall–Kier alpha value is -0.520. The van der Waals surface area contributed by atoms with Gasteiger partial charge in [-0.05, 0) is 24.6 Å². The highest BCUT2D eigenvalue weighted by atomic mass is 35.5. The number of amides is 1. The third-order valence-corrected chi connectivity index (χ3v) is 4.57. The van der Waals surface area contributed by atoms with Crippen LogP contribution in [0.15, 0.2) is 23.1 Å². The zero-order valence-corrected chi connectivity index (χ0v) is 12.7. The van der Waals surface area contributed by atoms with Crippen molar-refractivity contribution in [2.45, 2.75) is 23.5 Å². The Bertz CT molecular complexity index is 465. The number of carbonyl (C=O) groups is 1. The third-order valence-electron chi connectivity index (χ3n) is 2.60. The topological polar surface area (TPSA) is 46.2 Å². The van der Waals surface area contributed by atoms with Gasteiger partial charge in [0.25, 0.3) is 5.91 Å². The van der Waals surface area contributed by atoms with Crippen LogP contribution in [0.4, 0.5) is 0 Å². The van der Waals surface area contributed by atoms with Gasteiger partial charge in [0.2, 0.25) is 0 Å². The SMILES string of the molecule is CC(CCNC(=O)c1cc(S)ccc1Cl)S(C)=O. The highest BCUT2D eigenvalue weighted by molar-refractivity contribution is 7.84. The summed E-state index contributed by atoms with van der Waals surface area (Å²) in [5.41, 5.74) is 0.412. The van der Waals surface area contributed by atoms with Gasteiger partial charge in [-0.2, -0.15) is 0 Å². The largest absolute Gasteiger partial charge is 0.352 e. The first-order chi connectivity index (χ1) is 8.41. The smallest absolute Gasteiger partial charge is 0.252 e. The van der Waals surface area contributed by atoms with Crippen LogP contribution in [0.2, 0.25) is 5.02 Å². The summed E-state index contributed by atoms with van der Waals surface area (Å²) >= 11 is 10.1. The molecule has 0 saturated heterocycles. The number of benzene rings is 1. The number of rotatable bonds is 5. The fourth-order valence-corrected chi connectivity index (χ4v) is 2.19. The quantitative estimate of drug-likeness (QED) is 0.821. The summed E-state index contributed by atoms with van der Waals surface area (Å²) in [7, 11) is -0.867. The van der Waals surface area contributed by atoms with Gasteiger partial charge in [0.1, 0.15) is 0 Å². The highest BCUT2D eigenvalue weighted by Crippen LogP contribution is 2.19. The minimum absolute atomic E-state index is 0.0667. The van der Waals surface area contributed by atoms with E-state index in [0.717, 1.165) is 0 Å². The summed E-state index contributed by atoms with van der Waals surface area (Å²) in [5, 5.41) is 3.23. The molecule has 0 heterocycles. The number of thiol groups is 1. The summed E-state index contributed by atoms with van der Waals surface area (Å²) < 4.78 is 11.2. The van der Waals surface area contributed by atoms with E-state index < -0.39 is 10.8 Å².